The van der Waals surface area contributed by atoms with Crippen molar-refractivity contribution in [1.29, 1.82) is 5.26 Å². The van der Waals surface area contributed by atoms with E-state index in [1.807, 2.05) is 6.07 Å². The maximum Gasteiger partial charge on any atom is 0.416 e. The summed E-state index contributed by atoms with van der Waals surface area (Å²) in [6.07, 6.45) is -3.97. The van der Waals surface area contributed by atoms with Crippen molar-refractivity contribution in [3.05, 3.63) is 76.5 Å². The number of alkyl halides is 3. The maximum absolute atomic E-state index is 13.7. The molecular weight excluding hydrogens is 551 g/mol. The van der Waals surface area contributed by atoms with Crippen molar-refractivity contribution in [3.63, 3.8) is 0 Å². The van der Waals surface area contributed by atoms with Gasteiger partial charge in [0.25, 0.3) is 5.91 Å². The summed E-state index contributed by atoms with van der Waals surface area (Å²) < 4.78 is 45.8. The molecular formula is C30H32F3N5O4. The quantitative estimate of drug-likeness (QED) is 0.428. The molecule has 2 aliphatic rings. The van der Waals surface area contributed by atoms with E-state index in [0.29, 0.717) is 42.8 Å². The molecule has 2 aromatic rings. The lowest BCUT2D eigenvalue weighted by molar-refractivity contribution is -0.137. The first kappa shape index (κ1) is 30.4. The Balaban J connectivity index is 1.57. The molecule has 2 heterocycles. The number of nitrogens with one attached hydrogen (secondary N) is 1. The molecule has 9 nitrogen and oxygen atoms in total. The van der Waals surface area contributed by atoms with E-state index < -0.39 is 35.5 Å². The number of ether oxygens (including phenoxy) is 1. The van der Waals surface area contributed by atoms with E-state index in [4.69, 9.17) is 10.00 Å². The highest BCUT2D eigenvalue weighted by atomic mass is 19.4. The Morgan fingerprint density at radius 2 is 1.81 bits per heavy atom. The molecule has 0 bridgehead atoms. The monoisotopic (exact) mass is 583 g/mol. The number of carbonyl (C=O) groups excluding carboxylic acids is 3. The van der Waals surface area contributed by atoms with Gasteiger partial charge in [0.15, 0.2) is 0 Å². The van der Waals surface area contributed by atoms with Crippen LogP contribution in [0.2, 0.25) is 0 Å². The second kappa shape index (κ2) is 11.8. The summed E-state index contributed by atoms with van der Waals surface area (Å²) in [4.78, 5) is 43.5. The minimum absolute atomic E-state index is 0.0123. The van der Waals surface area contributed by atoms with Crippen LogP contribution in [0.5, 0.6) is 0 Å². The Labute approximate surface area is 242 Å². The number of unbranched alkanes of at least 4 members (excludes halogenated alkanes) is 1. The van der Waals surface area contributed by atoms with Crippen LogP contribution in [0.3, 0.4) is 0 Å². The van der Waals surface area contributed by atoms with E-state index in [2.05, 4.69) is 5.32 Å². The molecule has 0 saturated carbocycles. The van der Waals surface area contributed by atoms with Crippen molar-refractivity contribution in [3.8, 4) is 6.07 Å². The molecule has 222 valence electrons. The Hall–Kier alpha value is -4.53. The number of amides is 4. The van der Waals surface area contributed by atoms with E-state index in [9.17, 15) is 27.6 Å². The maximum atomic E-state index is 13.7. The molecule has 2 aromatic carbocycles. The minimum Gasteiger partial charge on any atom is -0.444 e. The molecule has 1 N–H and O–H groups in total. The van der Waals surface area contributed by atoms with Crippen molar-refractivity contribution in [2.24, 2.45) is 0 Å². The summed E-state index contributed by atoms with van der Waals surface area (Å²) in [6, 6.07) is 11.3. The number of hydrogen-bond donors (Lipinski definition) is 1. The molecule has 12 heteroatoms. The fourth-order valence-corrected chi connectivity index (χ4v) is 4.85. The molecule has 1 atom stereocenters. The van der Waals surface area contributed by atoms with Crippen molar-refractivity contribution < 1.29 is 32.3 Å². The lowest BCUT2D eigenvalue weighted by Crippen LogP contribution is -2.47. The zero-order valence-corrected chi connectivity index (χ0v) is 23.8. The molecule has 0 saturated heterocycles. The lowest BCUT2D eigenvalue weighted by Gasteiger charge is -2.34. The van der Waals surface area contributed by atoms with Crippen LogP contribution in [0, 0.1) is 11.3 Å². The molecule has 0 aromatic heterocycles. The molecule has 2 aliphatic heterocycles. The lowest BCUT2D eigenvalue weighted by atomic mass is 9.94. The molecule has 0 fully saturated rings. The highest BCUT2D eigenvalue weighted by Gasteiger charge is 2.45. The summed E-state index contributed by atoms with van der Waals surface area (Å²) >= 11 is 0. The average molecular weight is 584 g/mol. The predicted octanol–water partition coefficient (Wildman–Crippen LogP) is 5.59. The predicted molar refractivity (Wildman–Crippen MR) is 148 cm³/mol. The molecule has 4 rings (SSSR count). The summed E-state index contributed by atoms with van der Waals surface area (Å²) in [5, 5.41) is 11.9. The first-order valence-electron chi connectivity index (χ1n) is 13.4. The van der Waals surface area contributed by atoms with Gasteiger partial charge in [-0.1, -0.05) is 18.2 Å². The van der Waals surface area contributed by atoms with Gasteiger partial charge in [-0.2, -0.15) is 18.4 Å². The van der Waals surface area contributed by atoms with Crippen LogP contribution in [0.25, 0.3) is 0 Å². The van der Waals surface area contributed by atoms with Gasteiger partial charge < -0.3 is 19.9 Å². The molecule has 0 spiro atoms. The minimum atomic E-state index is -4.62. The summed E-state index contributed by atoms with van der Waals surface area (Å²) in [5.74, 6) is -0.350. The van der Waals surface area contributed by atoms with E-state index >= 15 is 0 Å². The number of nitriles is 1. The molecule has 4 amide bonds. The van der Waals surface area contributed by atoms with Gasteiger partial charge in [-0.25, -0.2) is 9.59 Å². The third-order valence-corrected chi connectivity index (χ3v) is 6.88. The number of urea groups is 1. The van der Waals surface area contributed by atoms with Crippen LogP contribution < -0.4 is 10.2 Å². The number of rotatable bonds is 7. The second-order valence-corrected chi connectivity index (χ2v) is 11.2. The van der Waals surface area contributed by atoms with Crippen LogP contribution in [0.4, 0.5) is 28.4 Å². The largest absolute Gasteiger partial charge is 0.444 e. The highest BCUT2D eigenvalue weighted by molar-refractivity contribution is 6.07. The number of halogens is 3. The Morgan fingerprint density at radius 3 is 2.43 bits per heavy atom. The van der Waals surface area contributed by atoms with Crippen LogP contribution in [-0.2, 0) is 15.7 Å². The highest BCUT2D eigenvalue weighted by Crippen LogP contribution is 2.40. The number of benzene rings is 2. The van der Waals surface area contributed by atoms with E-state index in [-0.39, 0.29) is 23.7 Å². The standard InChI is InChI=1S/C30H32F3N5O4/c1-29(2,3)42-28(41)36(4)14-5-6-15-37-18-23-24(26(37)39)25(20-12-10-19(17-34)11-13-20)35-27(40)38(23)22-9-7-8-21(16-22)30(31,32)33/h7-13,16,25H,5-6,14-15,18H2,1-4H3,(H,35,40)/t25-/m1/s1. The van der Waals surface area contributed by atoms with Crippen LogP contribution in [0.15, 0.2) is 59.8 Å². The first-order chi connectivity index (χ1) is 19.7. The van der Waals surface area contributed by atoms with Gasteiger partial charge in [0.1, 0.15) is 5.60 Å². The average Bonchev–Trinajstić information content (AvgIpc) is 3.24. The van der Waals surface area contributed by atoms with Gasteiger partial charge in [0.2, 0.25) is 0 Å². The summed E-state index contributed by atoms with van der Waals surface area (Å²) in [7, 11) is 1.63. The van der Waals surface area contributed by atoms with Gasteiger partial charge in [-0.15, -0.1) is 0 Å². The molecule has 0 aliphatic carbocycles. The van der Waals surface area contributed by atoms with Gasteiger partial charge in [-0.05, 0) is 69.5 Å². The van der Waals surface area contributed by atoms with Crippen LogP contribution in [-0.4, -0.2) is 60.1 Å². The van der Waals surface area contributed by atoms with E-state index in [1.165, 1.54) is 17.0 Å². The van der Waals surface area contributed by atoms with E-state index in [1.54, 1.807) is 57.0 Å². The normalized spacial score (nSPS) is 17.1. The van der Waals surface area contributed by atoms with Crippen molar-refractivity contribution in [2.45, 2.75) is 51.4 Å². The summed E-state index contributed by atoms with van der Waals surface area (Å²) in [6.45, 7) is 6.05. The third kappa shape index (κ3) is 6.67. The SMILES string of the molecule is CN(CCCCN1CC2=C(C1=O)[C@@H](c1ccc(C#N)cc1)NC(=O)N2c1cccc(C(F)(F)F)c1)C(=O)OC(C)(C)C. The summed E-state index contributed by atoms with van der Waals surface area (Å²) in [5.41, 5.74) is -0.0447. The third-order valence-electron chi connectivity index (χ3n) is 6.88. The van der Waals surface area contributed by atoms with Crippen molar-refractivity contribution >= 4 is 23.7 Å². The van der Waals surface area contributed by atoms with Crippen molar-refractivity contribution in [1.82, 2.24) is 15.1 Å². The second-order valence-electron chi connectivity index (χ2n) is 11.2. The topological polar surface area (TPSA) is 106 Å². The fraction of sp³-hybridized carbons (Fsp3) is 0.400. The zero-order chi connectivity index (χ0) is 30.8. The zero-order valence-electron chi connectivity index (χ0n) is 23.8. The van der Waals surface area contributed by atoms with Crippen LogP contribution >= 0.6 is 0 Å². The number of hydrogen-bond acceptors (Lipinski definition) is 5. The van der Waals surface area contributed by atoms with Gasteiger partial charge in [0, 0.05) is 20.1 Å². The number of nitrogens with zero attached hydrogens (tertiary/aromatic N) is 4. The van der Waals surface area contributed by atoms with Gasteiger partial charge >= 0.3 is 18.3 Å². The van der Waals surface area contributed by atoms with E-state index in [0.717, 1.165) is 17.0 Å². The van der Waals surface area contributed by atoms with Gasteiger partial charge in [-0.3, -0.25) is 9.69 Å². The van der Waals surface area contributed by atoms with Crippen LogP contribution in [0.1, 0.15) is 56.3 Å². The Morgan fingerprint density at radius 1 is 1.12 bits per heavy atom. The number of anilines is 1. The number of carbonyl (C=O) groups is 3. The van der Waals surface area contributed by atoms with Crippen molar-refractivity contribution in [2.75, 3.05) is 31.6 Å². The smallest absolute Gasteiger partial charge is 0.416 e. The fourth-order valence-electron chi connectivity index (χ4n) is 4.85. The molecule has 0 radical (unpaired) electrons. The Bertz CT molecular complexity index is 1440. The Kier molecular flexibility index (Phi) is 8.52. The molecule has 42 heavy (non-hydrogen) atoms. The first-order valence-corrected chi connectivity index (χ1v) is 13.4. The molecule has 0 unspecified atom stereocenters. The van der Waals surface area contributed by atoms with Gasteiger partial charge in [0.05, 0.1) is 46.7 Å².